The Labute approximate surface area is 212 Å². The Balaban J connectivity index is 1.44. The number of hydrogen-bond acceptors (Lipinski definition) is 5. The van der Waals surface area contributed by atoms with Crippen molar-refractivity contribution in [3.05, 3.63) is 88.3 Å². The summed E-state index contributed by atoms with van der Waals surface area (Å²) >= 11 is 0. The van der Waals surface area contributed by atoms with E-state index in [0.29, 0.717) is 31.0 Å². The Kier molecular flexibility index (Phi) is 7.89. The van der Waals surface area contributed by atoms with Crippen molar-refractivity contribution in [2.75, 3.05) is 13.2 Å². The minimum Gasteiger partial charge on any atom is -0.376 e. The number of aryl methyl sites for hydroxylation is 1. The van der Waals surface area contributed by atoms with E-state index < -0.39 is 0 Å². The maximum atomic E-state index is 13.5. The number of amides is 2. The number of nitrogens with zero attached hydrogens (tertiary/aromatic N) is 2. The summed E-state index contributed by atoms with van der Waals surface area (Å²) in [5.74, 6) is 0.0289. The van der Waals surface area contributed by atoms with E-state index in [1.807, 2.05) is 55.5 Å². The third-order valence-corrected chi connectivity index (χ3v) is 6.45. The Morgan fingerprint density at radius 1 is 1.08 bits per heavy atom. The van der Waals surface area contributed by atoms with E-state index in [1.54, 1.807) is 11.0 Å². The summed E-state index contributed by atoms with van der Waals surface area (Å²) < 4.78 is 11.2. The van der Waals surface area contributed by atoms with E-state index in [9.17, 15) is 9.59 Å². The predicted molar refractivity (Wildman–Crippen MR) is 138 cm³/mol. The van der Waals surface area contributed by atoms with Crippen LogP contribution in [0.4, 0.5) is 0 Å². The third kappa shape index (κ3) is 6.61. The summed E-state index contributed by atoms with van der Waals surface area (Å²) in [6, 6.07) is 17.3. The Morgan fingerprint density at radius 2 is 1.81 bits per heavy atom. The summed E-state index contributed by atoms with van der Waals surface area (Å²) in [6.07, 6.45) is 1.89. The molecule has 0 radical (unpaired) electrons. The molecule has 1 aromatic heterocycles. The molecule has 3 aromatic rings. The van der Waals surface area contributed by atoms with E-state index in [4.69, 9.17) is 9.26 Å². The Bertz CT molecular complexity index is 1170. The topological polar surface area (TPSA) is 84.7 Å². The lowest BCUT2D eigenvalue weighted by Crippen LogP contribution is -2.37. The first-order valence-electron chi connectivity index (χ1n) is 12.5. The van der Waals surface area contributed by atoms with Crippen molar-refractivity contribution in [3.63, 3.8) is 0 Å². The molecule has 0 aliphatic carbocycles. The normalized spacial score (nSPS) is 15.6. The number of benzene rings is 2. The summed E-state index contributed by atoms with van der Waals surface area (Å²) in [4.78, 5) is 27.8. The van der Waals surface area contributed by atoms with Gasteiger partial charge in [-0.3, -0.25) is 9.59 Å². The van der Waals surface area contributed by atoms with Crippen molar-refractivity contribution >= 4 is 11.8 Å². The van der Waals surface area contributed by atoms with Crippen molar-refractivity contribution in [1.82, 2.24) is 15.4 Å². The number of carbonyl (C=O) groups is 2. The molecule has 0 bridgehead atoms. The molecule has 7 heteroatoms. The zero-order valence-corrected chi connectivity index (χ0v) is 21.5. The average molecular weight is 490 g/mol. The van der Waals surface area contributed by atoms with Gasteiger partial charge in [-0.25, -0.2) is 0 Å². The van der Waals surface area contributed by atoms with Gasteiger partial charge in [0, 0.05) is 31.3 Å². The quantitative estimate of drug-likeness (QED) is 0.480. The van der Waals surface area contributed by atoms with Crippen LogP contribution in [0.1, 0.15) is 76.9 Å². The van der Waals surface area contributed by atoms with Crippen LogP contribution in [-0.2, 0) is 23.2 Å². The maximum Gasteiger partial charge on any atom is 0.273 e. The summed E-state index contributed by atoms with van der Waals surface area (Å²) in [7, 11) is 0. The molecule has 2 amide bonds. The molecular weight excluding hydrogens is 454 g/mol. The molecule has 0 spiro atoms. The van der Waals surface area contributed by atoms with Crippen LogP contribution in [0.25, 0.3) is 0 Å². The zero-order valence-electron chi connectivity index (χ0n) is 21.5. The second-order valence-electron chi connectivity index (χ2n) is 10.5. The second kappa shape index (κ2) is 11.1. The highest BCUT2D eigenvalue weighted by molar-refractivity contribution is 5.94. The highest BCUT2D eigenvalue weighted by Crippen LogP contribution is 2.23. The first-order chi connectivity index (χ1) is 17.2. The molecule has 36 heavy (non-hydrogen) atoms. The molecule has 1 N–H and O–H groups in total. The van der Waals surface area contributed by atoms with Crippen LogP contribution in [0.15, 0.2) is 59.1 Å². The Hall–Kier alpha value is -3.45. The molecule has 190 valence electrons. The number of carbonyl (C=O) groups excluding carboxylic acids is 2. The molecule has 1 fully saturated rings. The van der Waals surface area contributed by atoms with Gasteiger partial charge in [-0.1, -0.05) is 67.9 Å². The number of aromatic nitrogens is 1. The fraction of sp³-hybridized carbons (Fsp3) is 0.414. The number of ether oxygens (including phenoxy) is 1. The lowest BCUT2D eigenvalue weighted by molar-refractivity contribution is 0.0486. The molecule has 1 atom stereocenters. The minimum absolute atomic E-state index is 0.00914. The van der Waals surface area contributed by atoms with Crippen LogP contribution in [-0.4, -0.2) is 41.1 Å². The largest absolute Gasteiger partial charge is 0.376 e. The van der Waals surface area contributed by atoms with Crippen LogP contribution >= 0.6 is 0 Å². The molecule has 1 saturated heterocycles. The summed E-state index contributed by atoms with van der Waals surface area (Å²) in [5, 5.41) is 6.81. The molecule has 4 rings (SSSR count). The van der Waals surface area contributed by atoms with Gasteiger partial charge in [-0.15, -0.1) is 0 Å². The first kappa shape index (κ1) is 25.6. The fourth-order valence-electron chi connectivity index (χ4n) is 4.21. The van der Waals surface area contributed by atoms with Crippen molar-refractivity contribution < 1.29 is 18.8 Å². The van der Waals surface area contributed by atoms with Gasteiger partial charge in [0.15, 0.2) is 11.5 Å². The van der Waals surface area contributed by atoms with Gasteiger partial charge < -0.3 is 19.5 Å². The number of nitrogens with one attached hydrogen (secondary N) is 1. The molecule has 2 heterocycles. The third-order valence-electron chi connectivity index (χ3n) is 6.45. The maximum absolute atomic E-state index is 13.5. The van der Waals surface area contributed by atoms with E-state index in [0.717, 1.165) is 18.4 Å². The SMILES string of the molecule is Cc1ccc(CNC(=O)c2cc(CN(CC3CCCO3)C(=O)c3ccc(C(C)(C)C)cc3)on2)cc1. The van der Waals surface area contributed by atoms with Gasteiger partial charge in [0.05, 0.1) is 12.6 Å². The molecule has 1 aliphatic rings. The predicted octanol–water partition coefficient (Wildman–Crippen LogP) is 5.03. The van der Waals surface area contributed by atoms with E-state index in [2.05, 4.69) is 31.2 Å². The van der Waals surface area contributed by atoms with Crippen molar-refractivity contribution in [2.45, 2.75) is 65.1 Å². The molecule has 1 unspecified atom stereocenters. The minimum atomic E-state index is -0.319. The van der Waals surface area contributed by atoms with Gasteiger partial charge in [-0.05, 0) is 48.4 Å². The van der Waals surface area contributed by atoms with Crippen molar-refractivity contribution in [1.29, 1.82) is 0 Å². The monoisotopic (exact) mass is 489 g/mol. The van der Waals surface area contributed by atoms with Gasteiger partial charge in [-0.2, -0.15) is 0 Å². The van der Waals surface area contributed by atoms with E-state index >= 15 is 0 Å². The van der Waals surface area contributed by atoms with E-state index in [1.165, 1.54) is 11.1 Å². The van der Waals surface area contributed by atoms with Gasteiger partial charge >= 0.3 is 0 Å². The lowest BCUT2D eigenvalue weighted by Gasteiger charge is -2.25. The van der Waals surface area contributed by atoms with Crippen LogP contribution in [0.2, 0.25) is 0 Å². The zero-order chi connectivity index (χ0) is 25.7. The average Bonchev–Trinajstić information content (AvgIpc) is 3.55. The highest BCUT2D eigenvalue weighted by atomic mass is 16.5. The molecular formula is C29H35N3O4. The van der Waals surface area contributed by atoms with Crippen molar-refractivity contribution in [3.8, 4) is 0 Å². The summed E-state index contributed by atoms with van der Waals surface area (Å²) in [5.41, 5.74) is 4.14. The van der Waals surface area contributed by atoms with Crippen LogP contribution in [0.5, 0.6) is 0 Å². The lowest BCUT2D eigenvalue weighted by atomic mass is 9.86. The van der Waals surface area contributed by atoms with Gasteiger partial charge in [0.2, 0.25) is 0 Å². The standard InChI is InChI=1S/C29H35N3O4/c1-20-7-9-21(10-8-20)17-30-27(33)26-16-25(36-31-26)19-32(18-24-6-5-15-35-24)28(34)22-11-13-23(14-12-22)29(2,3)4/h7-14,16,24H,5-6,15,17-19H2,1-4H3,(H,30,33). The molecule has 0 saturated carbocycles. The van der Waals surface area contributed by atoms with E-state index in [-0.39, 0.29) is 35.6 Å². The molecule has 1 aliphatic heterocycles. The molecule has 7 nitrogen and oxygen atoms in total. The number of hydrogen-bond donors (Lipinski definition) is 1. The Morgan fingerprint density at radius 3 is 2.44 bits per heavy atom. The second-order valence-corrected chi connectivity index (χ2v) is 10.5. The van der Waals surface area contributed by atoms with Gasteiger partial charge in [0.25, 0.3) is 11.8 Å². The van der Waals surface area contributed by atoms with Gasteiger partial charge in [0.1, 0.15) is 0 Å². The number of rotatable bonds is 8. The first-order valence-corrected chi connectivity index (χ1v) is 12.5. The fourth-order valence-corrected chi connectivity index (χ4v) is 4.21. The molecule has 2 aromatic carbocycles. The van der Waals surface area contributed by atoms with Crippen molar-refractivity contribution in [2.24, 2.45) is 0 Å². The van der Waals surface area contributed by atoms with Crippen LogP contribution in [0.3, 0.4) is 0 Å². The highest BCUT2D eigenvalue weighted by Gasteiger charge is 2.26. The smallest absolute Gasteiger partial charge is 0.273 e. The summed E-state index contributed by atoms with van der Waals surface area (Å²) in [6.45, 7) is 10.2. The van der Waals surface area contributed by atoms with Crippen LogP contribution in [0, 0.1) is 6.92 Å². The van der Waals surface area contributed by atoms with Crippen LogP contribution < -0.4 is 5.32 Å².